The first-order valence-corrected chi connectivity index (χ1v) is 7.69. The molecule has 0 aromatic carbocycles. The lowest BCUT2D eigenvalue weighted by Gasteiger charge is -2.43. The van der Waals surface area contributed by atoms with Crippen molar-refractivity contribution in [2.75, 3.05) is 44.3 Å². The van der Waals surface area contributed by atoms with Gasteiger partial charge in [-0.05, 0) is 25.0 Å². The van der Waals surface area contributed by atoms with Crippen LogP contribution in [0.15, 0.2) is 12.1 Å². The Kier molecular flexibility index (Phi) is 3.94. The monoisotopic (exact) mass is 275 g/mol. The van der Waals surface area contributed by atoms with E-state index in [0.29, 0.717) is 12.0 Å². The zero-order chi connectivity index (χ0) is 14.1. The van der Waals surface area contributed by atoms with Crippen LogP contribution < -0.4 is 4.90 Å². The molecule has 0 bridgehead atoms. The van der Waals surface area contributed by atoms with Gasteiger partial charge in [-0.3, -0.25) is 9.88 Å². The largest absolute Gasteiger partial charge is 0.378 e. The lowest BCUT2D eigenvalue weighted by Crippen LogP contribution is -2.56. The first kappa shape index (κ1) is 13.8. The summed E-state index contributed by atoms with van der Waals surface area (Å²) >= 11 is 0. The summed E-state index contributed by atoms with van der Waals surface area (Å²) in [5.41, 5.74) is 3.66. The molecule has 4 heteroatoms. The maximum Gasteiger partial charge on any atom is 0.0645 e. The lowest BCUT2D eigenvalue weighted by atomic mass is 10.1. The fraction of sp³-hybridized carbons (Fsp3) is 0.688. The van der Waals surface area contributed by atoms with E-state index < -0.39 is 0 Å². The van der Waals surface area contributed by atoms with Crippen molar-refractivity contribution in [1.29, 1.82) is 0 Å². The number of pyridine rings is 1. The van der Waals surface area contributed by atoms with Gasteiger partial charge >= 0.3 is 0 Å². The van der Waals surface area contributed by atoms with Gasteiger partial charge in [0.25, 0.3) is 0 Å². The number of rotatable bonds is 3. The molecule has 3 rings (SSSR count). The van der Waals surface area contributed by atoms with E-state index in [4.69, 9.17) is 9.72 Å². The Morgan fingerprint density at radius 2 is 1.85 bits per heavy atom. The Hall–Kier alpha value is -1.13. The topological polar surface area (TPSA) is 28.6 Å². The van der Waals surface area contributed by atoms with Crippen LogP contribution in [0.1, 0.15) is 31.2 Å². The van der Waals surface area contributed by atoms with E-state index in [-0.39, 0.29) is 0 Å². The molecule has 2 fully saturated rings. The van der Waals surface area contributed by atoms with E-state index in [1.807, 2.05) is 0 Å². The second-order valence-electron chi connectivity index (χ2n) is 6.21. The molecule has 0 unspecified atom stereocenters. The summed E-state index contributed by atoms with van der Waals surface area (Å²) in [6.07, 6.45) is 0. The smallest absolute Gasteiger partial charge is 0.0645 e. The number of aromatic nitrogens is 1. The molecule has 2 aliphatic heterocycles. The summed E-state index contributed by atoms with van der Waals surface area (Å²) in [7, 11) is 0. The van der Waals surface area contributed by atoms with Gasteiger partial charge in [0, 0.05) is 31.9 Å². The highest BCUT2D eigenvalue weighted by atomic mass is 16.5. The van der Waals surface area contributed by atoms with Gasteiger partial charge in [-0.2, -0.15) is 0 Å². The van der Waals surface area contributed by atoms with Gasteiger partial charge in [-0.25, -0.2) is 0 Å². The Labute approximate surface area is 121 Å². The summed E-state index contributed by atoms with van der Waals surface area (Å²) in [6.45, 7) is 12.8. The van der Waals surface area contributed by atoms with E-state index in [0.717, 1.165) is 45.1 Å². The van der Waals surface area contributed by atoms with Crippen LogP contribution in [0.5, 0.6) is 0 Å². The Bertz CT molecular complexity index is 463. The Morgan fingerprint density at radius 3 is 2.35 bits per heavy atom. The van der Waals surface area contributed by atoms with Crippen LogP contribution >= 0.6 is 0 Å². The first-order valence-electron chi connectivity index (χ1n) is 7.69. The third kappa shape index (κ3) is 2.67. The minimum atomic E-state index is 0.498. The number of hydrogen-bond donors (Lipinski definition) is 0. The van der Waals surface area contributed by atoms with Crippen LogP contribution in [0.4, 0.5) is 5.69 Å². The van der Waals surface area contributed by atoms with Crippen LogP contribution in [0, 0.1) is 6.92 Å². The summed E-state index contributed by atoms with van der Waals surface area (Å²) < 4.78 is 5.29. The number of anilines is 1. The molecule has 2 saturated heterocycles. The van der Waals surface area contributed by atoms with Crippen LogP contribution in [-0.4, -0.2) is 55.3 Å². The van der Waals surface area contributed by atoms with Crippen molar-refractivity contribution in [3.63, 3.8) is 0 Å². The van der Waals surface area contributed by atoms with Gasteiger partial charge in [0.05, 0.1) is 30.6 Å². The van der Waals surface area contributed by atoms with Crippen molar-refractivity contribution in [3.8, 4) is 0 Å². The van der Waals surface area contributed by atoms with Gasteiger partial charge in [-0.1, -0.05) is 13.8 Å². The fourth-order valence-corrected chi connectivity index (χ4v) is 2.99. The number of aryl methyl sites for hydroxylation is 1. The standard InChI is InChI=1S/C16H25N3O/c1-12(2)15-4-5-16(13(3)17-15)19-8-6-18(7-9-19)14-10-20-11-14/h4-5,12,14H,6-11H2,1-3H3. The van der Waals surface area contributed by atoms with Crippen molar-refractivity contribution < 1.29 is 4.74 Å². The van der Waals surface area contributed by atoms with E-state index in [1.54, 1.807) is 0 Å². The highest BCUT2D eigenvalue weighted by Gasteiger charge is 2.29. The highest BCUT2D eigenvalue weighted by Crippen LogP contribution is 2.24. The normalized spacial score (nSPS) is 21.3. The van der Waals surface area contributed by atoms with Crippen LogP contribution in [-0.2, 0) is 4.74 Å². The summed E-state index contributed by atoms with van der Waals surface area (Å²) in [5, 5.41) is 0. The second-order valence-corrected chi connectivity index (χ2v) is 6.21. The van der Waals surface area contributed by atoms with Crippen LogP contribution in [0.3, 0.4) is 0 Å². The molecule has 0 radical (unpaired) electrons. The molecule has 2 aliphatic rings. The molecule has 110 valence electrons. The zero-order valence-electron chi connectivity index (χ0n) is 12.8. The average molecular weight is 275 g/mol. The molecular formula is C16H25N3O. The number of hydrogen-bond acceptors (Lipinski definition) is 4. The average Bonchev–Trinajstić information content (AvgIpc) is 2.37. The number of nitrogens with zero attached hydrogens (tertiary/aromatic N) is 3. The van der Waals surface area contributed by atoms with Gasteiger partial charge in [0.1, 0.15) is 0 Å². The molecule has 0 aliphatic carbocycles. The predicted molar refractivity (Wildman–Crippen MR) is 81.5 cm³/mol. The molecule has 0 atom stereocenters. The Morgan fingerprint density at radius 1 is 1.15 bits per heavy atom. The van der Waals surface area contributed by atoms with Gasteiger partial charge < -0.3 is 9.64 Å². The molecule has 0 saturated carbocycles. The predicted octanol–water partition coefficient (Wildman–Crippen LogP) is 2.03. The zero-order valence-corrected chi connectivity index (χ0v) is 12.8. The van der Waals surface area contributed by atoms with Gasteiger partial charge in [-0.15, -0.1) is 0 Å². The number of ether oxygens (including phenoxy) is 1. The maximum absolute atomic E-state index is 5.29. The molecular weight excluding hydrogens is 250 g/mol. The molecule has 3 heterocycles. The molecule has 1 aromatic heterocycles. The van der Waals surface area contributed by atoms with Crippen LogP contribution in [0.2, 0.25) is 0 Å². The van der Waals surface area contributed by atoms with Gasteiger partial charge in [0.15, 0.2) is 0 Å². The third-order valence-corrected chi connectivity index (χ3v) is 4.46. The molecule has 0 spiro atoms. The highest BCUT2D eigenvalue weighted by molar-refractivity contribution is 5.51. The first-order chi connectivity index (χ1) is 9.65. The Balaban J connectivity index is 1.65. The van der Waals surface area contributed by atoms with E-state index in [2.05, 4.69) is 42.7 Å². The molecule has 0 N–H and O–H groups in total. The summed E-state index contributed by atoms with van der Waals surface area (Å²) in [5.74, 6) is 0.498. The van der Waals surface area contributed by atoms with Crippen molar-refractivity contribution in [2.45, 2.75) is 32.7 Å². The summed E-state index contributed by atoms with van der Waals surface area (Å²) in [6, 6.07) is 5.10. The van der Waals surface area contributed by atoms with Crippen molar-refractivity contribution >= 4 is 5.69 Å². The fourth-order valence-electron chi connectivity index (χ4n) is 2.99. The van der Waals surface area contributed by atoms with E-state index in [1.165, 1.54) is 11.4 Å². The third-order valence-electron chi connectivity index (χ3n) is 4.46. The van der Waals surface area contributed by atoms with Crippen molar-refractivity contribution in [1.82, 2.24) is 9.88 Å². The molecule has 1 aromatic rings. The maximum atomic E-state index is 5.29. The molecule has 0 amide bonds. The van der Waals surface area contributed by atoms with E-state index in [9.17, 15) is 0 Å². The second kappa shape index (κ2) is 5.70. The van der Waals surface area contributed by atoms with Gasteiger partial charge in [0.2, 0.25) is 0 Å². The summed E-state index contributed by atoms with van der Waals surface area (Å²) in [4.78, 5) is 9.79. The van der Waals surface area contributed by atoms with Crippen molar-refractivity contribution in [3.05, 3.63) is 23.5 Å². The molecule has 4 nitrogen and oxygen atoms in total. The quantitative estimate of drug-likeness (QED) is 0.844. The van der Waals surface area contributed by atoms with Crippen molar-refractivity contribution in [2.24, 2.45) is 0 Å². The minimum absolute atomic E-state index is 0.498. The van der Waals surface area contributed by atoms with Crippen LogP contribution in [0.25, 0.3) is 0 Å². The number of piperazine rings is 1. The van der Waals surface area contributed by atoms with E-state index >= 15 is 0 Å². The SMILES string of the molecule is Cc1nc(C(C)C)ccc1N1CCN(C2COC2)CC1. The lowest BCUT2D eigenvalue weighted by molar-refractivity contribution is -0.0660. The molecule has 20 heavy (non-hydrogen) atoms. The minimum Gasteiger partial charge on any atom is -0.378 e.